The smallest absolute Gasteiger partial charge is 0.339 e. The first-order valence-corrected chi connectivity index (χ1v) is 16.2. The van der Waals surface area contributed by atoms with Crippen molar-refractivity contribution in [3.05, 3.63) is 73.6 Å². The minimum atomic E-state index is -4.13. The third-order valence-electron chi connectivity index (χ3n) is 8.27. The van der Waals surface area contributed by atoms with Crippen molar-refractivity contribution in [2.75, 3.05) is 14.2 Å². The number of nitrogens with zero attached hydrogens (tertiary/aromatic N) is 1. The molecule has 218 valence electrons. The maximum Gasteiger partial charge on any atom is 0.339 e. The van der Waals surface area contributed by atoms with E-state index in [1.807, 2.05) is 42.6 Å². The summed E-state index contributed by atoms with van der Waals surface area (Å²) in [5.74, 6) is -0.199. The van der Waals surface area contributed by atoms with E-state index >= 15 is 0 Å². The van der Waals surface area contributed by atoms with E-state index < -0.39 is 16.0 Å². The summed E-state index contributed by atoms with van der Waals surface area (Å²) in [7, 11) is -0.705. The molecular weight excluding hydrogens is 653 g/mol. The number of halogens is 1. The number of methoxy groups -OCH3 is 1. The standard InChI is InChI=1S/C32H36INO6S/c1-18-8-10-20(11-9-18)41(37,38)40-30-21(33)12-19(13-26(30)39-7)27-28-22(14-31(2,3)16-24(28)35)34(6)23-15-32(4,5)17-25(36)29(23)27/h8-13,27H,14-17H2,1-7H3. The van der Waals surface area contributed by atoms with Crippen molar-refractivity contribution in [3.63, 3.8) is 0 Å². The van der Waals surface area contributed by atoms with Crippen LogP contribution in [0.5, 0.6) is 11.5 Å². The first-order chi connectivity index (χ1) is 19.0. The fourth-order valence-corrected chi connectivity index (χ4v) is 8.19. The van der Waals surface area contributed by atoms with Gasteiger partial charge in [-0.15, -0.1) is 0 Å². The highest BCUT2D eigenvalue weighted by molar-refractivity contribution is 14.1. The molecule has 3 aliphatic rings. The van der Waals surface area contributed by atoms with Crippen LogP contribution in [0.3, 0.4) is 0 Å². The number of carbonyl (C=O) groups excluding carboxylic acids is 2. The molecule has 7 nitrogen and oxygen atoms in total. The van der Waals surface area contributed by atoms with Crippen molar-refractivity contribution in [3.8, 4) is 11.5 Å². The van der Waals surface area contributed by atoms with Crippen LogP contribution >= 0.6 is 22.6 Å². The number of hydrogen-bond acceptors (Lipinski definition) is 7. The van der Waals surface area contributed by atoms with E-state index in [9.17, 15) is 18.0 Å². The number of ether oxygens (including phenoxy) is 1. The number of carbonyl (C=O) groups is 2. The van der Waals surface area contributed by atoms with Gasteiger partial charge in [0.1, 0.15) is 4.90 Å². The Kier molecular flexibility index (Phi) is 7.46. The molecule has 0 spiro atoms. The average Bonchev–Trinajstić information content (AvgIpc) is 2.85. The molecule has 0 N–H and O–H groups in total. The van der Waals surface area contributed by atoms with Gasteiger partial charge in [-0.3, -0.25) is 9.59 Å². The van der Waals surface area contributed by atoms with Crippen molar-refractivity contribution >= 4 is 44.3 Å². The lowest BCUT2D eigenvalue weighted by molar-refractivity contribution is -0.119. The van der Waals surface area contributed by atoms with Crippen LogP contribution in [0.15, 0.2) is 63.8 Å². The third-order valence-corrected chi connectivity index (χ3v) is 10.3. The molecule has 0 radical (unpaired) electrons. The highest BCUT2D eigenvalue weighted by atomic mass is 127. The molecule has 5 rings (SSSR count). The molecular formula is C32H36INO6S. The van der Waals surface area contributed by atoms with Gasteiger partial charge in [-0.05, 0) is 83.0 Å². The van der Waals surface area contributed by atoms with Gasteiger partial charge < -0.3 is 13.8 Å². The molecule has 0 bridgehead atoms. The van der Waals surface area contributed by atoms with Crippen molar-refractivity contribution in [2.45, 2.75) is 71.1 Å². The molecule has 1 heterocycles. The van der Waals surface area contributed by atoms with Crippen molar-refractivity contribution < 1.29 is 26.9 Å². The number of Topliss-reactive ketones (excluding diaryl/α,β-unsaturated/α-hetero) is 2. The van der Waals surface area contributed by atoms with Gasteiger partial charge in [-0.25, -0.2) is 0 Å². The summed E-state index contributed by atoms with van der Waals surface area (Å²) >= 11 is 2.03. The Hall–Kier alpha value is -2.66. The number of rotatable bonds is 5. The predicted octanol–water partition coefficient (Wildman–Crippen LogP) is 6.69. The van der Waals surface area contributed by atoms with Crippen molar-refractivity contribution in [1.82, 2.24) is 4.90 Å². The summed E-state index contributed by atoms with van der Waals surface area (Å²) in [4.78, 5) is 29.7. The maximum absolute atomic E-state index is 13.8. The summed E-state index contributed by atoms with van der Waals surface area (Å²) in [6.07, 6.45) is 2.22. The highest BCUT2D eigenvalue weighted by Gasteiger charge is 2.48. The van der Waals surface area contributed by atoms with Gasteiger partial charge in [0.15, 0.2) is 23.1 Å². The Bertz CT molecular complexity index is 1580. The lowest BCUT2D eigenvalue weighted by atomic mass is 9.64. The normalized spacial score (nSPS) is 20.6. The Morgan fingerprint density at radius 2 is 1.39 bits per heavy atom. The molecule has 1 aliphatic heterocycles. The quantitative estimate of drug-likeness (QED) is 0.255. The van der Waals surface area contributed by atoms with Crippen LogP contribution in [-0.4, -0.2) is 39.0 Å². The van der Waals surface area contributed by atoms with Gasteiger partial charge >= 0.3 is 10.1 Å². The molecule has 0 amide bonds. The molecule has 0 unspecified atom stereocenters. The lowest BCUT2D eigenvalue weighted by Crippen LogP contribution is -2.43. The minimum absolute atomic E-state index is 0.0357. The fourth-order valence-electron chi connectivity index (χ4n) is 6.35. The second-order valence-electron chi connectivity index (χ2n) is 13.0. The van der Waals surface area contributed by atoms with Crippen LogP contribution in [-0.2, 0) is 19.7 Å². The van der Waals surface area contributed by atoms with Gasteiger partial charge in [-0.2, -0.15) is 8.42 Å². The summed E-state index contributed by atoms with van der Waals surface area (Å²) < 4.78 is 38.1. The number of benzene rings is 2. The number of aryl methyl sites for hydroxylation is 1. The number of allylic oxidation sites excluding steroid dienone is 4. The van der Waals surface area contributed by atoms with E-state index in [0.29, 0.717) is 33.1 Å². The van der Waals surface area contributed by atoms with Crippen LogP contribution in [0.2, 0.25) is 0 Å². The van der Waals surface area contributed by atoms with E-state index in [4.69, 9.17) is 8.92 Å². The van der Waals surface area contributed by atoms with Crippen molar-refractivity contribution in [2.24, 2.45) is 10.8 Å². The zero-order chi connectivity index (χ0) is 30.1. The average molecular weight is 690 g/mol. The predicted molar refractivity (Wildman–Crippen MR) is 165 cm³/mol. The molecule has 0 fully saturated rings. The van der Waals surface area contributed by atoms with Crippen LogP contribution in [0.25, 0.3) is 0 Å². The van der Waals surface area contributed by atoms with E-state index in [-0.39, 0.29) is 38.8 Å². The highest BCUT2D eigenvalue weighted by Crippen LogP contribution is 2.54. The Morgan fingerprint density at radius 1 is 0.878 bits per heavy atom. The van der Waals surface area contributed by atoms with E-state index in [0.717, 1.165) is 29.8 Å². The van der Waals surface area contributed by atoms with Crippen LogP contribution in [0, 0.1) is 21.3 Å². The summed E-state index contributed by atoms with van der Waals surface area (Å²) in [5, 5.41) is 0. The molecule has 0 saturated carbocycles. The molecule has 9 heteroatoms. The molecule has 2 aromatic carbocycles. The summed E-state index contributed by atoms with van der Waals surface area (Å²) in [6, 6.07) is 9.96. The number of ketones is 2. The first kappa shape index (κ1) is 29.8. The van der Waals surface area contributed by atoms with Gasteiger partial charge in [0.05, 0.1) is 10.7 Å². The minimum Gasteiger partial charge on any atom is -0.493 e. The van der Waals surface area contributed by atoms with Crippen molar-refractivity contribution in [1.29, 1.82) is 0 Å². The Labute approximate surface area is 256 Å². The lowest BCUT2D eigenvalue weighted by Gasteiger charge is -2.48. The van der Waals surface area contributed by atoms with Crippen LogP contribution in [0.1, 0.15) is 70.4 Å². The molecule has 41 heavy (non-hydrogen) atoms. The van der Waals surface area contributed by atoms with Gasteiger partial charge in [0.2, 0.25) is 0 Å². The van der Waals surface area contributed by atoms with Gasteiger partial charge in [0.25, 0.3) is 0 Å². The third kappa shape index (κ3) is 5.47. The first-order valence-electron chi connectivity index (χ1n) is 13.7. The van der Waals surface area contributed by atoms with Crippen LogP contribution < -0.4 is 8.92 Å². The van der Waals surface area contributed by atoms with Gasteiger partial charge in [0, 0.05) is 48.3 Å². The van der Waals surface area contributed by atoms with E-state index in [1.165, 1.54) is 19.2 Å². The summed E-state index contributed by atoms with van der Waals surface area (Å²) in [5.41, 5.74) is 4.45. The Balaban J connectivity index is 1.67. The van der Waals surface area contributed by atoms with Crippen LogP contribution in [0.4, 0.5) is 0 Å². The zero-order valence-electron chi connectivity index (χ0n) is 24.6. The number of hydrogen-bond donors (Lipinski definition) is 0. The monoisotopic (exact) mass is 689 g/mol. The maximum atomic E-state index is 13.8. The molecule has 0 aromatic heterocycles. The van der Waals surface area contributed by atoms with Gasteiger partial charge in [-0.1, -0.05) is 45.4 Å². The van der Waals surface area contributed by atoms with E-state index in [1.54, 1.807) is 18.2 Å². The SMILES string of the molecule is COc1cc(C2C3=C(CC(C)(C)CC3=O)N(C)C3=C2C(=O)CC(C)(C)C3)cc(I)c1OS(=O)(=O)c1ccc(C)cc1. The summed E-state index contributed by atoms with van der Waals surface area (Å²) in [6.45, 7) is 10.3. The molecule has 2 aliphatic carbocycles. The zero-order valence-corrected chi connectivity index (χ0v) is 27.5. The largest absolute Gasteiger partial charge is 0.493 e. The molecule has 0 atom stereocenters. The molecule has 2 aromatic rings. The van der Waals surface area contributed by atoms with E-state index in [2.05, 4.69) is 32.6 Å². The Morgan fingerprint density at radius 3 is 1.88 bits per heavy atom. The topological polar surface area (TPSA) is 90.0 Å². The molecule has 0 saturated heterocycles. The second kappa shape index (κ2) is 10.3. The fraction of sp³-hybridized carbons (Fsp3) is 0.438. The second-order valence-corrected chi connectivity index (χ2v) is 15.7.